The Labute approximate surface area is 160 Å². The monoisotopic (exact) mass is 401 g/mol. The standard InChI is InChI=1S/C20H20ClF4NO/c1-4-20(27,10-5-6-10)16-8-12(19(2,3)25)17(24)18(26-16)11-7-13(21)15(23)9-14(11)22/h7-10,27H,4-6H2,1-3H3/t20-/m1/s1. The summed E-state index contributed by atoms with van der Waals surface area (Å²) in [4.78, 5) is 4.14. The molecule has 0 amide bonds. The van der Waals surface area contributed by atoms with Crippen LogP contribution in [0.4, 0.5) is 17.6 Å². The lowest BCUT2D eigenvalue weighted by atomic mass is 9.86. The van der Waals surface area contributed by atoms with Crippen LogP contribution in [0.25, 0.3) is 11.3 Å². The van der Waals surface area contributed by atoms with Crippen LogP contribution >= 0.6 is 11.6 Å². The average Bonchev–Trinajstić information content (AvgIpc) is 3.42. The second-order valence-corrected chi connectivity index (χ2v) is 7.90. The van der Waals surface area contributed by atoms with Crippen LogP contribution in [-0.4, -0.2) is 10.1 Å². The molecule has 1 N–H and O–H groups in total. The SMILES string of the molecule is CC[C@](O)(c1cc(C(C)(C)F)c(F)c(-c2cc(Cl)c(F)cc2F)n1)C1CC1. The zero-order chi connectivity index (χ0) is 20.1. The molecule has 146 valence electrons. The molecule has 1 atom stereocenters. The topological polar surface area (TPSA) is 33.1 Å². The second kappa shape index (κ2) is 6.74. The highest BCUT2D eigenvalue weighted by Gasteiger charge is 2.46. The van der Waals surface area contributed by atoms with Crippen molar-refractivity contribution in [1.29, 1.82) is 0 Å². The number of nitrogens with zero attached hydrogens (tertiary/aromatic N) is 1. The summed E-state index contributed by atoms with van der Waals surface area (Å²) in [5.41, 5.74) is -4.64. The number of halogens is 5. The van der Waals surface area contributed by atoms with E-state index in [4.69, 9.17) is 11.6 Å². The van der Waals surface area contributed by atoms with Crippen molar-refractivity contribution < 1.29 is 22.7 Å². The molecule has 1 aromatic heterocycles. The van der Waals surface area contributed by atoms with E-state index in [0.29, 0.717) is 6.07 Å². The first-order chi connectivity index (χ1) is 12.5. The number of aromatic nitrogens is 1. The van der Waals surface area contributed by atoms with E-state index in [1.807, 2.05) is 0 Å². The van der Waals surface area contributed by atoms with Crippen molar-refractivity contribution in [2.75, 3.05) is 0 Å². The molecule has 1 aliphatic carbocycles. The van der Waals surface area contributed by atoms with Crippen LogP contribution in [0.3, 0.4) is 0 Å². The maximum absolute atomic E-state index is 15.1. The van der Waals surface area contributed by atoms with Gasteiger partial charge in [0.1, 0.15) is 28.6 Å². The van der Waals surface area contributed by atoms with Crippen LogP contribution < -0.4 is 0 Å². The Morgan fingerprint density at radius 1 is 1.15 bits per heavy atom. The highest BCUT2D eigenvalue weighted by Crippen LogP contribution is 2.48. The van der Waals surface area contributed by atoms with Crippen molar-refractivity contribution in [2.45, 2.75) is 51.3 Å². The molecule has 1 heterocycles. The van der Waals surface area contributed by atoms with Gasteiger partial charge in [-0.15, -0.1) is 0 Å². The summed E-state index contributed by atoms with van der Waals surface area (Å²) in [5.74, 6) is -3.22. The van der Waals surface area contributed by atoms with Gasteiger partial charge in [-0.3, -0.25) is 0 Å². The highest BCUT2D eigenvalue weighted by atomic mass is 35.5. The van der Waals surface area contributed by atoms with Gasteiger partial charge in [0.05, 0.1) is 10.7 Å². The van der Waals surface area contributed by atoms with Crippen LogP contribution in [-0.2, 0) is 11.3 Å². The lowest BCUT2D eigenvalue weighted by Gasteiger charge is -2.29. The van der Waals surface area contributed by atoms with Crippen LogP contribution in [0.1, 0.15) is 51.3 Å². The van der Waals surface area contributed by atoms with Crippen molar-refractivity contribution >= 4 is 11.6 Å². The molecule has 2 aromatic rings. The molecule has 0 radical (unpaired) electrons. The number of benzene rings is 1. The van der Waals surface area contributed by atoms with Crippen molar-refractivity contribution in [3.05, 3.63) is 51.9 Å². The fourth-order valence-corrected chi connectivity index (χ4v) is 3.47. The first-order valence-electron chi connectivity index (χ1n) is 8.76. The molecule has 1 saturated carbocycles. The number of alkyl halides is 1. The smallest absolute Gasteiger partial charge is 0.155 e. The van der Waals surface area contributed by atoms with Crippen LogP contribution in [0.2, 0.25) is 5.02 Å². The molecule has 7 heteroatoms. The molecule has 1 aliphatic rings. The van der Waals surface area contributed by atoms with Crippen LogP contribution in [0.5, 0.6) is 0 Å². The number of pyridine rings is 1. The largest absolute Gasteiger partial charge is 0.383 e. The maximum atomic E-state index is 15.1. The zero-order valence-corrected chi connectivity index (χ0v) is 16.0. The minimum atomic E-state index is -2.10. The van der Waals surface area contributed by atoms with Gasteiger partial charge in [0, 0.05) is 17.2 Å². The fourth-order valence-electron chi connectivity index (χ4n) is 3.31. The van der Waals surface area contributed by atoms with E-state index in [1.54, 1.807) is 6.92 Å². The van der Waals surface area contributed by atoms with E-state index in [2.05, 4.69) is 4.98 Å². The van der Waals surface area contributed by atoms with E-state index >= 15 is 4.39 Å². The first-order valence-corrected chi connectivity index (χ1v) is 9.14. The summed E-state index contributed by atoms with van der Waals surface area (Å²) >= 11 is 5.72. The van der Waals surface area contributed by atoms with Crippen molar-refractivity contribution in [3.63, 3.8) is 0 Å². The van der Waals surface area contributed by atoms with E-state index < -0.39 is 39.4 Å². The Morgan fingerprint density at radius 3 is 2.30 bits per heavy atom. The van der Waals surface area contributed by atoms with Crippen molar-refractivity contribution in [1.82, 2.24) is 4.98 Å². The molecule has 3 rings (SSSR count). The number of aliphatic hydroxyl groups is 1. The third-order valence-corrected chi connectivity index (χ3v) is 5.39. The van der Waals surface area contributed by atoms with Gasteiger partial charge in [-0.25, -0.2) is 22.5 Å². The van der Waals surface area contributed by atoms with E-state index in [9.17, 15) is 18.3 Å². The van der Waals surface area contributed by atoms with E-state index in [-0.39, 0.29) is 29.2 Å². The number of rotatable bonds is 5. The van der Waals surface area contributed by atoms with Gasteiger partial charge < -0.3 is 5.11 Å². The minimum absolute atomic E-state index is 0.0736. The number of hydrogen-bond donors (Lipinski definition) is 1. The van der Waals surface area contributed by atoms with Gasteiger partial charge in [0.2, 0.25) is 0 Å². The Bertz CT molecular complexity index is 893. The first kappa shape index (κ1) is 20.1. The predicted octanol–water partition coefficient (Wildman–Crippen LogP) is 6.03. The van der Waals surface area contributed by atoms with Crippen LogP contribution in [0.15, 0.2) is 18.2 Å². The van der Waals surface area contributed by atoms with Gasteiger partial charge in [-0.05, 0) is 51.2 Å². The van der Waals surface area contributed by atoms with Gasteiger partial charge in [0.25, 0.3) is 0 Å². The van der Waals surface area contributed by atoms with E-state index in [0.717, 1.165) is 32.8 Å². The summed E-state index contributed by atoms with van der Waals surface area (Å²) < 4.78 is 57.6. The summed E-state index contributed by atoms with van der Waals surface area (Å²) in [7, 11) is 0. The molecular weight excluding hydrogens is 382 g/mol. The second-order valence-electron chi connectivity index (χ2n) is 7.49. The molecule has 0 saturated heterocycles. The quantitative estimate of drug-likeness (QED) is 0.490. The average molecular weight is 402 g/mol. The van der Waals surface area contributed by atoms with Gasteiger partial charge in [0.15, 0.2) is 5.82 Å². The third-order valence-electron chi connectivity index (χ3n) is 5.10. The van der Waals surface area contributed by atoms with Crippen molar-refractivity contribution in [2.24, 2.45) is 5.92 Å². The molecular formula is C20H20ClF4NO. The van der Waals surface area contributed by atoms with Crippen molar-refractivity contribution in [3.8, 4) is 11.3 Å². The fraction of sp³-hybridized carbons (Fsp3) is 0.450. The minimum Gasteiger partial charge on any atom is -0.383 e. The third kappa shape index (κ3) is 3.57. The summed E-state index contributed by atoms with van der Waals surface area (Å²) in [6.07, 6.45) is 1.82. The van der Waals surface area contributed by atoms with Gasteiger partial charge >= 0.3 is 0 Å². The summed E-state index contributed by atoms with van der Waals surface area (Å²) in [6.45, 7) is 4.07. The maximum Gasteiger partial charge on any atom is 0.155 e. The Kier molecular flexibility index (Phi) is 5.02. The molecule has 1 aromatic carbocycles. The molecule has 0 aliphatic heterocycles. The normalized spacial score (nSPS) is 17.1. The zero-order valence-electron chi connectivity index (χ0n) is 15.2. The molecule has 0 unspecified atom stereocenters. The number of hydrogen-bond acceptors (Lipinski definition) is 2. The highest BCUT2D eigenvalue weighted by molar-refractivity contribution is 6.31. The lowest BCUT2D eigenvalue weighted by Crippen LogP contribution is -2.30. The molecule has 2 nitrogen and oxygen atoms in total. The molecule has 0 bridgehead atoms. The Hall–Kier alpha value is -1.66. The lowest BCUT2D eigenvalue weighted by molar-refractivity contribution is 0.00434. The Balaban J connectivity index is 2.31. The molecule has 27 heavy (non-hydrogen) atoms. The summed E-state index contributed by atoms with van der Waals surface area (Å²) in [5, 5.41) is 10.7. The van der Waals surface area contributed by atoms with Gasteiger partial charge in [-0.1, -0.05) is 18.5 Å². The Morgan fingerprint density at radius 2 is 1.78 bits per heavy atom. The summed E-state index contributed by atoms with van der Waals surface area (Å²) in [6, 6.07) is 2.64. The molecule has 1 fully saturated rings. The van der Waals surface area contributed by atoms with Crippen LogP contribution in [0, 0.1) is 23.4 Å². The molecule has 0 spiro atoms. The van der Waals surface area contributed by atoms with E-state index in [1.165, 1.54) is 6.07 Å². The van der Waals surface area contributed by atoms with Gasteiger partial charge in [-0.2, -0.15) is 0 Å². The predicted molar refractivity (Wildman–Crippen MR) is 95.6 cm³/mol.